The van der Waals surface area contributed by atoms with Gasteiger partial charge in [-0.2, -0.15) is 0 Å². The van der Waals surface area contributed by atoms with Crippen LogP contribution in [0.3, 0.4) is 0 Å². The van der Waals surface area contributed by atoms with Crippen molar-refractivity contribution in [1.29, 1.82) is 0 Å². The molecule has 0 heterocycles. The molecule has 1 unspecified atom stereocenters. The Kier molecular flexibility index (Phi) is 6.03. The number of hydrogen-bond donors (Lipinski definition) is 3. The van der Waals surface area contributed by atoms with Crippen molar-refractivity contribution >= 4 is 11.8 Å². The van der Waals surface area contributed by atoms with Gasteiger partial charge in [0.2, 0.25) is 11.8 Å². The molecule has 1 atom stereocenters. The van der Waals surface area contributed by atoms with Crippen molar-refractivity contribution in [3.05, 3.63) is 0 Å². The van der Waals surface area contributed by atoms with E-state index in [1.165, 1.54) is 0 Å². The molecule has 0 bridgehead atoms. The van der Waals surface area contributed by atoms with E-state index in [9.17, 15) is 9.59 Å². The first-order valence-electron chi connectivity index (χ1n) is 5.66. The van der Waals surface area contributed by atoms with Crippen molar-refractivity contribution in [2.24, 2.45) is 5.73 Å². The fraction of sp³-hybridized carbons (Fsp3) is 0.818. The van der Waals surface area contributed by atoms with Crippen LogP contribution in [-0.4, -0.2) is 29.9 Å². The topological polar surface area (TPSA) is 84.2 Å². The van der Waals surface area contributed by atoms with Gasteiger partial charge in [-0.1, -0.05) is 6.92 Å². The average molecular weight is 229 g/mol. The number of amides is 2. The predicted octanol–water partition coefficient (Wildman–Crippen LogP) is 0.145. The second-order valence-electron chi connectivity index (χ2n) is 4.50. The van der Waals surface area contributed by atoms with Gasteiger partial charge in [0.05, 0.1) is 5.54 Å². The Hall–Kier alpha value is -1.10. The Bertz CT molecular complexity index is 250. The largest absolute Gasteiger partial charge is 0.354 e. The minimum Gasteiger partial charge on any atom is -0.354 e. The zero-order chi connectivity index (χ0) is 12.8. The van der Waals surface area contributed by atoms with Crippen molar-refractivity contribution in [3.63, 3.8) is 0 Å². The molecule has 0 radical (unpaired) electrons. The van der Waals surface area contributed by atoms with Crippen molar-refractivity contribution in [2.75, 3.05) is 6.54 Å². The summed E-state index contributed by atoms with van der Waals surface area (Å²) in [6, 6.07) is 0.124. The van der Waals surface area contributed by atoms with Crippen LogP contribution in [-0.2, 0) is 9.59 Å². The Morgan fingerprint density at radius 3 is 2.38 bits per heavy atom. The van der Waals surface area contributed by atoms with Gasteiger partial charge >= 0.3 is 0 Å². The molecule has 0 aromatic rings. The van der Waals surface area contributed by atoms with E-state index >= 15 is 0 Å². The zero-order valence-corrected chi connectivity index (χ0v) is 10.6. The minimum atomic E-state index is -0.853. The van der Waals surface area contributed by atoms with Crippen LogP contribution in [0.2, 0.25) is 0 Å². The molecule has 0 spiro atoms. The summed E-state index contributed by atoms with van der Waals surface area (Å²) in [5, 5.41) is 5.40. The maximum absolute atomic E-state index is 11.5. The summed E-state index contributed by atoms with van der Waals surface area (Å²) in [7, 11) is 0. The molecule has 0 aliphatic rings. The molecule has 0 saturated heterocycles. The van der Waals surface area contributed by atoms with Gasteiger partial charge in [-0.15, -0.1) is 0 Å². The summed E-state index contributed by atoms with van der Waals surface area (Å²) < 4.78 is 0. The lowest BCUT2D eigenvalue weighted by molar-refractivity contribution is -0.126. The monoisotopic (exact) mass is 229 g/mol. The molecule has 4 N–H and O–H groups in total. The Labute approximate surface area is 97.2 Å². The van der Waals surface area contributed by atoms with Crippen LogP contribution < -0.4 is 16.4 Å². The lowest BCUT2D eigenvalue weighted by atomic mass is 9.99. The average Bonchev–Trinajstić information content (AvgIpc) is 2.16. The van der Waals surface area contributed by atoms with Crippen LogP contribution in [0.15, 0.2) is 0 Å². The van der Waals surface area contributed by atoms with E-state index in [4.69, 9.17) is 5.73 Å². The number of rotatable bonds is 6. The molecular formula is C11H23N3O2. The highest BCUT2D eigenvalue weighted by Gasteiger charge is 2.25. The molecule has 0 rings (SSSR count). The fourth-order valence-electron chi connectivity index (χ4n) is 1.05. The number of carbonyl (C=O) groups is 2. The molecular weight excluding hydrogens is 206 g/mol. The van der Waals surface area contributed by atoms with Gasteiger partial charge < -0.3 is 16.4 Å². The number of carbonyl (C=O) groups excluding carboxylic acids is 2. The van der Waals surface area contributed by atoms with Crippen LogP contribution in [0.1, 0.15) is 40.5 Å². The Morgan fingerprint density at radius 1 is 1.38 bits per heavy atom. The number of hydrogen-bond acceptors (Lipinski definition) is 3. The van der Waals surface area contributed by atoms with Gasteiger partial charge in [0.25, 0.3) is 0 Å². The second kappa shape index (κ2) is 6.48. The van der Waals surface area contributed by atoms with Gasteiger partial charge in [-0.3, -0.25) is 9.59 Å². The highest BCUT2D eigenvalue weighted by Crippen LogP contribution is 2.03. The summed E-state index contributed by atoms with van der Waals surface area (Å²) in [5.41, 5.74) is 4.89. The summed E-state index contributed by atoms with van der Waals surface area (Å²) in [6.45, 7) is 7.64. The lowest BCUT2D eigenvalue weighted by Gasteiger charge is -2.21. The van der Waals surface area contributed by atoms with E-state index in [0.29, 0.717) is 13.0 Å². The summed E-state index contributed by atoms with van der Waals surface area (Å²) in [4.78, 5) is 22.8. The van der Waals surface area contributed by atoms with Gasteiger partial charge in [-0.05, 0) is 27.2 Å². The maximum Gasteiger partial charge on any atom is 0.239 e. The molecule has 0 saturated carbocycles. The molecule has 5 heteroatoms. The smallest absolute Gasteiger partial charge is 0.239 e. The first kappa shape index (κ1) is 14.9. The third kappa shape index (κ3) is 5.70. The second-order valence-corrected chi connectivity index (χ2v) is 4.50. The third-order valence-electron chi connectivity index (χ3n) is 2.34. The van der Waals surface area contributed by atoms with Crippen molar-refractivity contribution in [1.82, 2.24) is 10.6 Å². The molecule has 0 aliphatic carbocycles. The molecule has 0 aromatic heterocycles. The molecule has 16 heavy (non-hydrogen) atoms. The van der Waals surface area contributed by atoms with Crippen molar-refractivity contribution in [2.45, 2.75) is 52.1 Å². The maximum atomic E-state index is 11.5. The molecule has 2 amide bonds. The zero-order valence-electron chi connectivity index (χ0n) is 10.6. The van der Waals surface area contributed by atoms with Crippen molar-refractivity contribution < 1.29 is 9.59 Å². The van der Waals surface area contributed by atoms with Gasteiger partial charge in [0, 0.05) is 19.0 Å². The Balaban J connectivity index is 3.83. The fourth-order valence-corrected chi connectivity index (χ4v) is 1.05. The van der Waals surface area contributed by atoms with E-state index in [-0.39, 0.29) is 24.3 Å². The molecule has 0 aromatic carbocycles. The van der Waals surface area contributed by atoms with E-state index in [0.717, 1.165) is 0 Å². The highest BCUT2D eigenvalue weighted by atomic mass is 16.2. The van der Waals surface area contributed by atoms with E-state index < -0.39 is 5.54 Å². The normalized spacial score (nSPS) is 14.4. The van der Waals surface area contributed by atoms with Crippen LogP contribution >= 0.6 is 0 Å². The quantitative estimate of drug-likeness (QED) is 0.606. The van der Waals surface area contributed by atoms with Crippen LogP contribution in [0, 0.1) is 0 Å². The first-order chi connectivity index (χ1) is 7.29. The summed E-state index contributed by atoms with van der Waals surface area (Å²) >= 11 is 0. The lowest BCUT2D eigenvalue weighted by Crippen LogP contribution is -2.51. The molecule has 0 aliphatic heterocycles. The van der Waals surface area contributed by atoms with Gasteiger partial charge in [0.1, 0.15) is 0 Å². The number of nitrogens with two attached hydrogens (primary N) is 1. The SMILES string of the molecule is CCC(C)(N)C(=O)NCCC(=O)NC(C)C. The highest BCUT2D eigenvalue weighted by molar-refractivity contribution is 5.86. The Morgan fingerprint density at radius 2 is 1.94 bits per heavy atom. The van der Waals surface area contributed by atoms with Gasteiger partial charge in [0.15, 0.2) is 0 Å². The summed E-state index contributed by atoms with van der Waals surface area (Å²) in [6.07, 6.45) is 0.848. The van der Waals surface area contributed by atoms with Gasteiger partial charge in [-0.25, -0.2) is 0 Å². The standard InChI is InChI=1S/C11H23N3O2/c1-5-11(4,12)10(16)13-7-6-9(15)14-8(2)3/h8H,5-7,12H2,1-4H3,(H,13,16)(H,14,15). The number of nitrogens with one attached hydrogen (secondary N) is 2. The predicted molar refractivity (Wildman–Crippen MR) is 63.8 cm³/mol. The first-order valence-corrected chi connectivity index (χ1v) is 5.66. The molecule has 94 valence electrons. The summed E-state index contributed by atoms with van der Waals surface area (Å²) in [5.74, 6) is -0.280. The van der Waals surface area contributed by atoms with E-state index in [1.54, 1.807) is 6.92 Å². The van der Waals surface area contributed by atoms with Crippen LogP contribution in [0.4, 0.5) is 0 Å². The minimum absolute atomic E-state index is 0.0643. The molecule has 5 nitrogen and oxygen atoms in total. The third-order valence-corrected chi connectivity index (χ3v) is 2.34. The van der Waals surface area contributed by atoms with E-state index in [2.05, 4.69) is 10.6 Å². The van der Waals surface area contributed by atoms with Crippen molar-refractivity contribution in [3.8, 4) is 0 Å². The van der Waals surface area contributed by atoms with Crippen LogP contribution in [0.5, 0.6) is 0 Å². The van der Waals surface area contributed by atoms with E-state index in [1.807, 2.05) is 20.8 Å². The van der Waals surface area contributed by atoms with Crippen LogP contribution in [0.25, 0.3) is 0 Å². The molecule has 0 fully saturated rings.